The molecule has 0 saturated heterocycles. The molecule has 0 aromatic rings. The van der Waals surface area contributed by atoms with E-state index in [1.807, 2.05) is 27.7 Å². The smallest absolute Gasteiger partial charge is 0.303 e. The van der Waals surface area contributed by atoms with E-state index in [-0.39, 0.29) is 0 Å². The minimum atomic E-state index is -1.80. The number of allylic oxidation sites excluding steroid dienone is 2. The van der Waals surface area contributed by atoms with E-state index in [0.717, 1.165) is 51.4 Å². The first-order valence-electron chi connectivity index (χ1n) is 13.9. The van der Waals surface area contributed by atoms with Crippen molar-refractivity contribution < 1.29 is 33.2 Å². The van der Waals surface area contributed by atoms with Crippen molar-refractivity contribution in [3.63, 3.8) is 0 Å². The van der Waals surface area contributed by atoms with Crippen molar-refractivity contribution in [1.82, 2.24) is 0 Å². The lowest BCUT2D eigenvalue weighted by Gasteiger charge is -2.40. The molecular weight excluding hydrogens is 448 g/mol. The van der Waals surface area contributed by atoms with Crippen LogP contribution in [0.3, 0.4) is 0 Å². The summed E-state index contributed by atoms with van der Waals surface area (Å²) in [6, 6.07) is 0. The summed E-state index contributed by atoms with van der Waals surface area (Å²) in [5.74, 6) is 0. The Morgan fingerprint density at radius 1 is 0.371 bits per heavy atom. The van der Waals surface area contributed by atoms with Gasteiger partial charge in [-0.15, -0.1) is 0 Å². The van der Waals surface area contributed by atoms with Crippen LogP contribution in [0.2, 0.25) is 0 Å². The van der Waals surface area contributed by atoms with E-state index in [9.17, 15) is 0 Å². The van der Waals surface area contributed by atoms with Crippen molar-refractivity contribution in [2.24, 2.45) is 0 Å². The molecule has 0 aliphatic heterocycles. The Balaban J connectivity index is 5.78. The van der Waals surface area contributed by atoms with Gasteiger partial charge in [0.25, 0.3) is 0 Å². The Hall–Kier alpha value is -0.800. The monoisotopic (exact) mass is 502 g/mol. The van der Waals surface area contributed by atoms with E-state index in [1.54, 1.807) is 0 Å². The van der Waals surface area contributed by atoms with Crippen LogP contribution in [-0.2, 0) is 33.2 Å². The Morgan fingerprint density at radius 2 is 0.657 bits per heavy atom. The van der Waals surface area contributed by atoms with Crippen LogP contribution in [0.5, 0.6) is 0 Å². The average Bonchev–Trinajstić information content (AvgIpc) is 2.87. The summed E-state index contributed by atoms with van der Waals surface area (Å²) in [7, 11) is 0. The molecule has 0 atom stereocenters. The number of hydrogen-bond acceptors (Lipinski definition) is 7. The van der Waals surface area contributed by atoms with Crippen molar-refractivity contribution in [3.05, 3.63) is 24.3 Å². The number of hydrogen-bond donors (Lipinski definition) is 0. The van der Waals surface area contributed by atoms with Crippen molar-refractivity contribution in [1.29, 1.82) is 0 Å². The third-order valence-electron chi connectivity index (χ3n) is 4.55. The maximum absolute atomic E-state index is 6.31. The fourth-order valence-electron chi connectivity index (χ4n) is 2.80. The standard InChI is InChI=1S/C28H54O7/c1-7-13-15-17-19-25-33-27(29-21-9-3,30-22-10-4)35-28(31-23-11-5,32-24-12-6)34-26-20-18-16-14-8-2/h15-18H,7-14,19-26H2,1-6H3. The van der Waals surface area contributed by atoms with Crippen molar-refractivity contribution in [3.8, 4) is 0 Å². The zero-order chi connectivity index (χ0) is 26.1. The lowest BCUT2D eigenvalue weighted by molar-refractivity contribution is -0.620. The molecule has 0 amide bonds. The minimum absolute atomic E-state index is 0.352. The predicted molar refractivity (Wildman–Crippen MR) is 141 cm³/mol. The second-order valence-electron chi connectivity index (χ2n) is 8.29. The summed E-state index contributed by atoms with van der Waals surface area (Å²) < 4.78 is 42.7. The topological polar surface area (TPSA) is 64.6 Å². The van der Waals surface area contributed by atoms with Gasteiger partial charge >= 0.3 is 12.3 Å². The SMILES string of the molecule is CCCC=CCCOC(OCCC)(OCCC)OC(OCCC)(OCCC)OCCC=CCCC. The van der Waals surface area contributed by atoms with Crippen LogP contribution < -0.4 is 0 Å². The van der Waals surface area contributed by atoms with Gasteiger partial charge in [-0.25, -0.2) is 4.74 Å². The Kier molecular flexibility index (Phi) is 23.1. The van der Waals surface area contributed by atoms with E-state index in [4.69, 9.17) is 33.2 Å². The van der Waals surface area contributed by atoms with Crippen LogP contribution in [-0.4, -0.2) is 52.0 Å². The van der Waals surface area contributed by atoms with Crippen LogP contribution in [0.4, 0.5) is 0 Å². The zero-order valence-corrected chi connectivity index (χ0v) is 23.5. The highest BCUT2D eigenvalue weighted by Gasteiger charge is 2.49. The molecule has 0 fully saturated rings. The van der Waals surface area contributed by atoms with Gasteiger partial charge < -0.3 is 28.4 Å². The average molecular weight is 503 g/mol. The van der Waals surface area contributed by atoms with Crippen LogP contribution in [0.25, 0.3) is 0 Å². The third-order valence-corrected chi connectivity index (χ3v) is 4.55. The van der Waals surface area contributed by atoms with Gasteiger partial charge in [0.2, 0.25) is 0 Å². The molecule has 208 valence electrons. The highest BCUT2D eigenvalue weighted by atomic mass is 17.1. The van der Waals surface area contributed by atoms with Crippen LogP contribution >= 0.6 is 0 Å². The summed E-state index contributed by atoms with van der Waals surface area (Å²) in [4.78, 5) is 0. The molecule has 0 aromatic heterocycles. The quantitative estimate of drug-likeness (QED) is 0.0691. The highest BCUT2D eigenvalue weighted by Crippen LogP contribution is 2.30. The zero-order valence-electron chi connectivity index (χ0n) is 23.5. The van der Waals surface area contributed by atoms with Gasteiger partial charge in [0, 0.05) is 0 Å². The normalized spacial score (nSPS) is 13.0. The van der Waals surface area contributed by atoms with Gasteiger partial charge in [-0.2, -0.15) is 0 Å². The molecule has 0 aliphatic rings. The van der Waals surface area contributed by atoms with Gasteiger partial charge in [-0.1, -0.05) is 78.7 Å². The van der Waals surface area contributed by atoms with Crippen LogP contribution in [0.15, 0.2) is 24.3 Å². The van der Waals surface area contributed by atoms with E-state index >= 15 is 0 Å². The molecule has 0 rings (SSSR count). The van der Waals surface area contributed by atoms with E-state index in [2.05, 4.69) is 38.2 Å². The fraction of sp³-hybridized carbons (Fsp3) is 0.857. The minimum Gasteiger partial charge on any atom is -0.303 e. The Morgan fingerprint density at radius 3 is 0.943 bits per heavy atom. The third kappa shape index (κ3) is 17.3. The molecule has 35 heavy (non-hydrogen) atoms. The van der Waals surface area contributed by atoms with Crippen molar-refractivity contribution in [2.75, 3.05) is 39.6 Å². The van der Waals surface area contributed by atoms with E-state index in [1.165, 1.54) is 0 Å². The number of unbranched alkanes of at least 4 members (excludes halogenated alkanes) is 2. The molecule has 0 N–H and O–H groups in total. The lowest BCUT2D eigenvalue weighted by atomic mass is 10.3. The molecule has 0 unspecified atom stereocenters. The lowest BCUT2D eigenvalue weighted by Crippen LogP contribution is -2.55. The molecule has 0 aromatic carbocycles. The molecule has 0 aliphatic carbocycles. The maximum atomic E-state index is 6.31. The first-order valence-corrected chi connectivity index (χ1v) is 13.9. The van der Waals surface area contributed by atoms with Crippen LogP contribution in [0.1, 0.15) is 106 Å². The molecule has 0 bridgehead atoms. The first kappa shape index (κ1) is 34.2. The molecule has 7 heteroatoms. The van der Waals surface area contributed by atoms with Crippen LogP contribution in [0, 0.1) is 0 Å². The summed E-state index contributed by atoms with van der Waals surface area (Å²) >= 11 is 0. The maximum Gasteiger partial charge on any atom is 0.418 e. The Labute approximate surface area is 215 Å². The molecule has 0 radical (unpaired) electrons. The Bertz CT molecular complexity index is 448. The summed E-state index contributed by atoms with van der Waals surface area (Å²) in [5, 5.41) is 0. The van der Waals surface area contributed by atoms with Gasteiger partial charge in [0.1, 0.15) is 0 Å². The van der Waals surface area contributed by atoms with Gasteiger partial charge in [0.05, 0.1) is 39.6 Å². The second-order valence-corrected chi connectivity index (χ2v) is 8.29. The predicted octanol–water partition coefficient (Wildman–Crippen LogP) is 7.46. The largest absolute Gasteiger partial charge is 0.418 e. The number of ether oxygens (including phenoxy) is 7. The summed E-state index contributed by atoms with van der Waals surface area (Å²) in [5.41, 5.74) is 0. The first-order chi connectivity index (χ1) is 17.1. The second kappa shape index (κ2) is 23.6. The molecule has 0 heterocycles. The van der Waals surface area contributed by atoms with Gasteiger partial charge in [-0.3, -0.25) is 0 Å². The summed E-state index contributed by atoms with van der Waals surface area (Å²) in [6.07, 6.45) is 13.7. The van der Waals surface area contributed by atoms with Gasteiger partial charge in [0.15, 0.2) is 0 Å². The van der Waals surface area contributed by atoms with Crippen molar-refractivity contribution in [2.45, 2.75) is 118 Å². The van der Waals surface area contributed by atoms with E-state index in [0.29, 0.717) is 52.5 Å². The fourth-order valence-corrected chi connectivity index (χ4v) is 2.80. The molecule has 0 spiro atoms. The molecule has 7 nitrogen and oxygen atoms in total. The molecule has 0 saturated carbocycles. The molecular formula is C28H54O7. The van der Waals surface area contributed by atoms with Crippen molar-refractivity contribution >= 4 is 0 Å². The summed E-state index contributed by atoms with van der Waals surface area (Å²) in [6.45, 7) is 14.6. The van der Waals surface area contributed by atoms with E-state index < -0.39 is 12.3 Å². The number of rotatable bonds is 26. The highest BCUT2D eigenvalue weighted by molar-refractivity contribution is 4.81. The van der Waals surface area contributed by atoms with Gasteiger partial charge in [-0.05, 0) is 51.4 Å².